The Balaban J connectivity index is 2.66. The molecule has 6 nitrogen and oxygen atoms in total. The maximum atomic E-state index is 11.2. The smallest absolute Gasteiger partial charge is 0.465 e. The Kier molecular flexibility index (Phi) is 5.36. The monoisotopic (exact) mass is 282 g/mol. The van der Waals surface area contributed by atoms with Gasteiger partial charge in [0.25, 0.3) is 0 Å². The molecule has 20 heavy (non-hydrogen) atoms. The first-order valence-corrected chi connectivity index (χ1v) is 6.66. The van der Waals surface area contributed by atoms with Gasteiger partial charge in [-0.05, 0) is 40.8 Å². The molecule has 0 spiro atoms. The van der Waals surface area contributed by atoms with Crippen LogP contribution in [0.15, 0.2) is 16.7 Å². The van der Waals surface area contributed by atoms with E-state index in [9.17, 15) is 4.79 Å². The highest BCUT2D eigenvalue weighted by molar-refractivity contribution is 6.60. The van der Waals surface area contributed by atoms with Crippen molar-refractivity contribution in [3.05, 3.63) is 11.7 Å². The van der Waals surface area contributed by atoms with Crippen molar-refractivity contribution in [3.8, 4) is 0 Å². The number of esters is 1. The number of hydrogen-bond donors (Lipinski definition) is 1. The zero-order valence-electron chi connectivity index (χ0n) is 12.8. The van der Waals surface area contributed by atoms with Crippen LogP contribution < -0.4 is 5.73 Å². The molecule has 112 valence electrons. The third-order valence-corrected chi connectivity index (χ3v) is 3.48. The summed E-state index contributed by atoms with van der Waals surface area (Å²) >= 11 is 0. The van der Waals surface area contributed by atoms with Crippen molar-refractivity contribution < 1.29 is 18.8 Å². The van der Waals surface area contributed by atoms with E-state index in [0.717, 1.165) is 0 Å². The van der Waals surface area contributed by atoms with Gasteiger partial charge in [-0.2, -0.15) is 0 Å². The minimum Gasteiger partial charge on any atom is -0.465 e. The molecule has 1 aliphatic heterocycles. The summed E-state index contributed by atoms with van der Waals surface area (Å²) in [6.45, 7) is 9.86. The lowest BCUT2D eigenvalue weighted by molar-refractivity contribution is -0.141. The van der Waals surface area contributed by atoms with E-state index in [2.05, 4.69) is 4.99 Å². The molecule has 0 aromatic heterocycles. The molecule has 1 heterocycles. The quantitative estimate of drug-likeness (QED) is 0.463. The van der Waals surface area contributed by atoms with E-state index >= 15 is 0 Å². The van der Waals surface area contributed by atoms with Crippen molar-refractivity contribution in [2.75, 3.05) is 13.2 Å². The highest BCUT2D eigenvalue weighted by Crippen LogP contribution is 2.38. The predicted molar refractivity (Wildman–Crippen MR) is 78.3 cm³/mol. The predicted octanol–water partition coefficient (Wildman–Crippen LogP) is 1.09. The molecule has 0 atom stereocenters. The Hall–Kier alpha value is -1.34. The summed E-state index contributed by atoms with van der Waals surface area (Å²) in [4.78, 5) is 15.2. The van der Waals surface area contributed by atoms with Crippen LogP contribution in [0.5, 0.6) is 0 Å². The average molecular weight is 282 g/mol. The van der Waals surface area contributed by atoms with Crippen molar-refractivity contribution >= 4 is 19.3 Å². The van der Waals surface area contributed by atoms with Crippen molar-refractivity contribution in [2.45, 2.75) is 45.8 Å². The van der Waals surface area contributed by atoms with Gasteiger partial charge < -0.3 is 19.8 Å². The fourth-order valence-corrected chi connectivity index (χ4v) is 1.59. The summed E-state index contributed by atoms with van der Waals surface area (Å²) in [7, 11) is -0.587. The van der Waals surface area contributed by atoms with Crippen molar-refractivity contribution in [1.29, 1.82) is 0 Å². The molecule has 1 fully saturated rings. The van der Waals surface area contributed by atoms with E-state index < -0.39 is 18.3 Å². The van der Waals surface area contributed by atoms with Gasteiger partial charge >= 0.3 is 13.1 Å². The summed E-state index contributed by atoms with van der Waals surface area (Å²) in [6, 6.07) is 0. The number of allylic oxidation sites excluding steroid dienone is 1. The molecule has 2 N–H and O–H groups in total. The zero-order valence-corrected chi connectivity index (χ0v) is 12.8. The highest BCUT2D eigenvalue weighted by atomic mass is 16.7. The number of nitrogens with two attached hydrogens (primary N) is 1. The van der Waals surface area contributed by atoms with Gasteiger partial charge in [0.1, 0.15) is 6.54 Å². The lowest BCUT2D eigenvalue weighted by atomic mass is 9.79. The van der Waals surface area contributed by atoms with Crippen LogP contribution in [0, 0.1) is 0 Å². The number of carbonyl (C=O) groups is 1. The topological polar surface area (TPSA) is 83.1 Å². The largest absolute Gasteiger partial charge is 0.497 e. The van der Waals surface area contributed by atoms with E-state index in [1.165, 1.54) is 12.4 Å². The molecule has 0 radical (unpaired) electrons. The second kappa shape index (κ2) is 6.41. The van der Waals surface area contributed by atoms with Crippen LogP contribution in [-0.2, 0) is 18.8 Å². The van der Waals surface area contributed by atoms with Gasteiger partial charge in [-0.25, -0.2) is 0 Å². The maximum Gasteiger partial charge on any atom is 0.497 e. The lowest BCUT2D eigenvalue weighted by Crippen LogP contribution is -2.41. The number of carbonyl (C=O) groups excluding carboxylic acids is 1. The second-order valence-electron chi connectivity index (χ2n) is 5.53. The van der Waals surface area contributed by atoms with Crippen LogP contribution in [0.1, 0.15) is 34.6 Å². The van der Waals surface area contributed by atoms with Crippen LogP contribution in [0.2, 0.25) is 0 Å². The Labute approximate surface area is 120 Å². The van der Waals surface area contributed by atoms with Crippen molar-refractivity contribution in [3.63, 3.8) is 0 Å². The summed E-state index contributed by atoms with van der Waals surface area (Å²) in [6.07, 6.45) is 2.86. The first-order valence-electron chi connectivity index (χ1n) is 6.66. The fraction of sp³-hybridized carbons (Fsp3) is 0.692. The minimum atomic E-state index is -0.587. The molecular weight excluding hydrogens is 259 g/mol. The normalized spacial score (nSPS) is 21.4. The SMILES string of the molecule is CCOC(=O)CN=CC(=CN)B1OC(C)(C)C(C)(C)O1. The fourth-order valence-electron chi connectivity index (χ4n) is 1.59. The number of rotatable bonds is 5. The summed E-state index contributed by atoms with van der Waals surface area (Å²) in [5.41, 5.74) is 5.27. The Bertz CT molecular complexity index is 403. The standard InChI is InChI=1S/C13H23BN2O4/c1-6-18-11(17)9-16-8-10(7-15)14-19-12(2,3)13(4,5)20-14/h7-8H,6,9,15H2,1-5H3. The molecule has 0 bridgehead atoms. The summed E-state index contributed by atoms with van der Waals surface area (Å²) < 4.78 is 16.5. The summed E-state index contributed by atoms with van der Waals surface area (Å²) in [5.74, 6) is -0.381. The van der Waals surface area contributed by atoms with E-state index in [4.69, 9.17) is 19.8 Å². The molecule has 0 amide bonds. The van der Waals surface area contributed by atoms with Gasteiger partial charge in [-0.1, -0.05) is 0 Å². The Morgan fingerprint density at radius 1 is 1.30 bits per heavy atom. The molecule has 1 saturated heterocycles. The third-order valence-electron chi connectivity index (χ3n) is 3.48. The molecule has 0 aromatic carbocycles. The van der Waals surface area contributed by atoms with E-state index in [1.54, 1.807) is 6.92 Å². The molecule has 0 saturated carbocycles. The number of aliphatic imine (C=N–C) groups is 1. The van der Waals surface area contributed by atoms with E-state index in [-0.39, 0.29) is 12.5 Å². The van der Waals surface area contributed by atoms with Gasteiger partial charge in [0.05, 0.1) is 17.8 Å². The van der Waals surface area contributed by atoms with Crippen molar-refractivity contribution in [1.82, 2.24) is 0 Å². The van der Waals surface area contributed by atoms with Crippen LogP contribution in [0.3, 0.4) is 0 Å². The first-order chi connectivity index (χ1) is 9.23. The maximum absolute atomic E-state index is 11.2. The molecular formula is C13H23BN2O4. The number of nitrogens with zero attached hydrogens (tertiary/aromatic N) is 1. The first kappa shape index (κ1) is 16.7. The van der Waals surface area contributed by atoms with Crippen LogP contribution in [0.25, 0.3) is 0 Å². The molecule has 0 unspecified atom stereocenters. The average Bonchev–Trinajstić information content (AvgIpc) is 2.54. The van der Waals surface area contributed by atoms with Crippen molar-refractivity contribution in [2.24, 2.45) is 10.7 Å². The van der Waals surface area contributed by atoms with Gasteiger partial charge in [0.2, 0.25) is 0 Å². The zero-order chi connectivity index (χ0) is 15.4. The number of hydrogen-bond acceptors (Lipinski definition) is 6. The molecule has 1 aliphatic rings. The van der Waals surface area contributed by atoms with E-state index in [0.29, 0.717) is 12.1 Å². The third kappa shape index (κ3) is 3.83. The van der Waals surface area contributed by atoms with Crippen LogP contribution in [0.4, 0.5) is 0 Å². The van der Waals surface area contributed by atoms with Crippen LogP contribution >= 0.6 is 0 Å². The molecule has 1 rings (SSSR count). The minimum absolute atomic E-state index is 0.0509. The highest BCUT2D eigenvalue weighted by Gasteiger charge is 2.52. The second-order valence-corrected chi connectivity index (χ2v) is 5.53. The van der Waals surface area contributed by atoms with E-state index in [1.807, 2.05) is 27.7 Å². The summed E-state index contributed by atoms with van der Waals surface area (Å²) in [5, 5.41) is 0. The molecule has 0 aliphatic carbocycles. The lowest BCUT2D eigenvalue weighted by Gasteiger charge is -2.32. The van der Waals surface area contributed by atoms with Gasteiger partial charge in [0, 0.05) is 11.7 Å². The Morgan fingerprint density at radius 2 is 1.85 bits per heavy atom. The molecule has 0 aromatic rings. The molecule has 7 heteroatoms. The van der Waals surface area contributed by atoms with Gasteiger partial charge in [-0.3, -0.25) is 9.79 Å². The Morgan fingerprint density at radius 3 is 2.30 bits per heavy atom. The van der Waals surface area contributed by atoms with Gasteiger partial charge in [-0.15, -0.1) is 0 Å². The van der Waals surface area contributed by atoms with Gasteiger partial charge in [0.15, 0.2) is 0 Å². The van der Waals surface area contributed by atoms with Crippen LogP contribution in [-0.4, -0.2) is 43.7 Å². The number of ether oxygens (including phenoxy) is 1.